The van der Waals surface area contributed by atoms with E-state index < -0.39 is 0 Å². The Balaban J connectivity index is 0.974. The molecule has 0 saturated carbocycles. The maximum atomic E-state index is 2.66. The molecule has 0 aromatic carbocycles. The molecular formula is C22H44N4+2. The van der Waals surface area contributed by atoms with Gasteiger partial charge >= 0.3 is 0 Å². The molecule has 4 bridgehead atoms. The Morgan fingerprint density at radius 2 is 0.654 bits per heavy atom. The number of hydrogen-bond donors (Lipinski definition) is 0. The van der Waals surface area contributed by atoms with Crippen LogP contribution in [0.3, 0.4) is 0 Å². The highest BCUT2D eigenvalue weighted by molar-refractivity contribution is 4.71. The minimum atomic E-state index is 1.37. The maximum Gasteiger partial charge on any atom is 0.0916 e. The molecular weight excluding hydrogens is 320 g/mol. The fourth-order valence-corrected chi connectivity index (χ4v) is 6.09. The van der Waals surface area contributed by atoms with Crippen LogP contribution in [0, 0.1) is 0 Å². The summed E-state index contributed by atoms with van der Waals surface area (Å²) in [5.74, 6) is 0. The van der Waals surface area contributed by atoms with Gasteiger partial charge in [-0.1, -0.05) is 25.7 Å². The van der Waals surface area contributed by atoms with Gasteiger partial charge in [-0.2, -0.15) is 0 Å². The largest absolute Gasteiger partial charge is 0.320 e. The van der Waals surface area contributed by atoms with E-state index in [1.54, 1.807) is 0 Å². The molecule has 4 heteroatoms. The van der Waals surface area contributed by atoms with E-state index in [0.717, 1.165) is 0 Å². The van der Waals surface area contributed by atoms with Gasteiger partial charge in [0.25, 0.3) is 0 Å². The summed E-state index contributed by atoms with van der Waals surface area (Å²) in [7, 11) is 0. The third kappa shape index (κ3) is 4.81. The van der Waals surface area contributed by atoms with E-state index in [1.165, 1.54) is 152 Å². The lowest BCUT2D eigenvalue weighted by Crippen LogP contribution is -2.67. The van der Waals surface area contributed by atoms with Gasteiger partial charge in [-0.3, -0.25) is 9.80 Å². The van der Waals surface area contributed by atoms with Crippen molar-refractivity contribution >= 4 is 0 Å². The number of hydrogen-bond acceptors (Lipinski definition) is 2. The smallest absolute Gasteiger partial charge is 0.0916 e. The van der Waals surface area contributed by atoms with Gasteiger partial charge < -0.3 is 8.97 Å². The third-order valence-corrected chi connectivity index (χ3v) is 8.36. The van der Waals surface area contributed by atoms with E-state index in [4.69, 9.17) is 0 Å². The van der Waals surface area contributed by atoms with Gasteiger partial charge in [0.2, 0.25) is 0 Å². The van der Waals surface area contributed by atoms with Crippen LogP contribution in [0.15, 0.2) is 0 Å². The minimum absolute atomic E-state index is 1.37. The Labute approximate surface area is 162 Å². The Morgan fingerprint density at radius 3 is 0.962 bits per heavy atom. The standard InChI is InChI=1S/C22H44N4/c1(3-5-7-15-25-17-9-23(10-18-25)11-19-25)2-4-6-8-16-26-20-12-24(13-21-26)14-22-26/h1-22H2/q+2. The first-order valence-electron chi connectivity index (χ1n) is 11.9. The number of nitrogens with zero attached hydrogens (tertiary/aromatic N) is 4. The molecule has 0 aromatic heterocycles. The number of rotatable bonds is 11. The molecule has 0 aromatic rings. The van der Waals surface area contributed by atoms with Gasteiger partial charge in [0.1, 0.15) is 0 Å². The van der Waals surface area contributed by atoms with Gasteiger partial charge in [-0.15, -0.1) is 0 Å². The topological polar surface area (TPSA) is 6.48 Å². The predicted molar refractivity (Wildman–Crippen MR) is 109 cm³/mol. The van der Waals surface area contributed by atoms with Crippen LogP contribution >= 0.6 is 0 Å². The van der Waals surface area contributed by atoms with E-state index in [-0.39, 0.29) is 0 Å². The summed E-state index contributed by atoms with van der Waals surface area (Å²) in [5.41, 5.74) is 0. The Morgan fingerprint density at radius 1 is 0.385 bits per heavy atom. The molecule has 0 aliphatic carbocycles. The van der Waals surface area contributed by atoms with Crippen molar-refractivity contribution in [3.8, 4) is 0 Å². The number of fused-ring (bicyclic) bond motifs is 6. The van der Waals surface area contributed by atoms with Gasteiger partial charge in [0, 0.05) is 39.3 Å². The molecule has 26 heavy (non-hydrogen) atoms. The average Bonchev–Trinajstić information content (AvgIpc) is 2.72. The Hall–Kier alpha value is -0.160. The first-order chi connectivity index (χ1) is 12.8. The van der Waals surface area contributed by atoms with Crippen molar-refractivity contribution in [3.63, 3.8) is 0 Å². The molecule has 0 spiro atoms. The van der Waals surface area contributed by atoms with Crippen LogP contribution in [0.2, 0.25) is 0 Å². The molecule has 6 saturated heterocycles. The molecule has 6 rings (SSSR count). The first-order valence-corrected chi connectivity index (χ1v) is 11.9. The zero-order chi connectivity index (χ0) is 17.7. The predicted octanol–water partition coefficient (Wildman–Crippen LogP) is 2.40. The van der Waals surface area contributed by atoms with Crippen LogP contribution in [0.5, 0.6) is 0 Å². The van der Waals surface area contributed by atoms with Gasteiger partial charge in [0.05, 0.1) is 52.4 Å². The van der Waals surface area contributed by atoms with E-state index in [0.29, 0.717) is 0 Å². The van der Waals surface area contributed by atoms with Crippen LogP contribution in [-0.2, 0) is 0 Å². The molecule has 0 atom stereocenters. The van der Waals surface area contributed by atoms with Crippen molar-refractivity contribution in [2.24, 2.45) is 0 Å². The average molecular weight is 365 g/mol. The van der Waals surface area contributed by atoms with Crippen molar-refractivity contribution in [3.05, 3.63) is 0 Å². The van der Waals surface area contributed by atoms with Crippen molar-refractivity contribution in [1.82, 2.24) is 9.80 Å². The Bertz CT molecular complexity index is 354. The van der Waals surface area contributed by atoms with Gasteiger partial charge in [0.15, 0.2) is 0 Å². The highest BCUT2D eigenvalue weighted by atomic mass is 15.5. The summed E-state index contributed by atoms with van der Waals surface area (Å²) < 4.78 is 2.93. The first kappa shape index (κ1) is 19.2. The van der Waals surface area contributed by atoms with Crippen LogP contribution in [0.4, 0.5) is 0 Å². The molecule has 6 fully saturated rings. The van der Waals surface area contributed by atoms with E-state index in [9.17, 15) is 0 Å². The second-order valence-electron chi connectivity index (χ2n) is 9.98. The fraction of sp³-hybridized carbons (Fsp3) is 1.00. The minimum Gasteiger partial charge on any atom is -0.320 e. The van der Waals surface area contributed by atoms with Gasteiger partial charge in [-0.05, 0) is 25.7 Å². The molecule has 6 aliphatic heterocycles. The van der Waals surface area contributed by atoms with Crippen molar-refractivity contribution in [2.45, 2.75) is 51.4 Å². The summed E-state index contributed by atoms with van der Waals surface area (Å²) in [6.07, 6.45) is 11.9. The lowest BCUT2D eigenvalue weighted by Gasteiger charge is -2.50. The number of piperazine rings is 6. The summed E-state index contributed by atoms with van der Waals surface area (Å²) in [4.78, 5) is 5.32. The van der Waals surface area contributed by atoms with Crippen molar-refractivity contribution in [2.75, 3.05) is 91.6 Å². The van der Waals surface area contributed by atoms with Crippen LogP contribution in [0.1, 0.15) is 51.4 Å². The molecule has 4 nitrogen and oxygen atoms in total. The quantitative estimate of drug-likeness (QED) is 0.410. The number of unbranched alkanes of at least 4 members (excludes halogenated alkanes) is 7. The van der Waals surface area contributed by atoms with Crippen LogP contribution in [0.25, 0.3) is 0 Å². The second-order valence-corrected chi connectivity index (χ2v) is 9.98. The summed E-state index contributed by atoms with van der Waals surface area (Å²) in [6, 6.07) is 0. The van der Waals surface area contributed by atoms with Gasteiger partial charge in [-0.25, -0.2) is 0 Å². The fourth-order valence-electron chi connectivity index (χ4n) is 6.09. The third-order valence-electron chi connectivity index (χ3n) is 8.36. The SMILES string of the molecule is C(CCCCC[N+]12CCN(CC1)CC2)CCCC[N+]12CCN(CC1)CC2. The lowest BCUT2D eigenvalue weighted by molar-refractivity contribution is -0.941. The molecule has 6 aliphatic rings. The molecule has 6 heterocycles. The molecule has 150 valence electrons. The lowest BCUT2D eigenvalue weighted by atomic mass is 10.0. The van der Waals surface area contributed by atoms with Crippen LogP contribution in [-0.4, -0.2) is 110 Å². The summed E-state index contributed by atoms with van der Waals surface area (Å²) in [6.45, 7) is 19.8. The number of quaternary nitrogens is 2. The second kappa shape index (κ2) is 8.89. The van der Waals surface area contributed by atoms with E-state index in [1.807, 2.05) is 0 Å². The normalized spacial score (nSPS) is 38.8. The highest BCUT2D eigenvalue weighted by Gasteiger charge is 2.38. The maximum absolute atomic E-state index is 2.66. The summed E-state index contributed by atoms with van der Waals surface area (Å²) >= 11 is 0. The van der Waals surface area contributed by atoms with Crippen molar-refractivity contribution in [1.29, 1.82) is 0 Å². The molecule has 0 unspecified atom stereocenters. The highest BCUT2D eigenvalue weighted by Crippen LogP contribution is 2.22. The summed E-state index contributed by atoms with van der Waals surface area (Å²) in [5, 5.41) is 0. The molecule has 0 N–H and O–H groups in total. The molecule has 0 amide bonds. The van der Waals surface area contributed by atoms with E-state index in [2.05, 4.69) is 9.80 Å². The monoisotopic (exact) mass is 364 g/mol. The van der Waals surface area contributed by atoms with Crippen molar-refractivity contribution < 1.29 is 8.97 Å². The molecule has 0 radical (unpaired) electrons. The zero-order valence-electron chi connectivity index (χ0n) is 17.3. The van der Waals surface area contributed by atoms with Crippen LogP contribution < -0.4 is 0 Å². The zero-order valence-corrected chi connectivity index (χ0v) is 17.3. The van der Waals surface area contributed by atoms with E-state index >= 15 is 0 Å². The Kier molecular flexibility index (Phi) is 6.56.